The van der Waals surface area contributed by atoms with E-state index < -0.39 is 0 Å². The Bertz CT molecular complexity index is 3370. The summed E-state index contributed by atoms with van der Waals surface area (Å²) in [7, 11) is 0. The van der Waals surface area contributed by atoms with E-state index in [1.54, 1.807) is 0 Å². The fourth-order valence-corrected chi connectivity index (χ4v) is 8.41. The molecule has 62 heavy (non-hydrogen) atoms. The van der Waals surface area contributed by atoms with Crippen molar-refractivity contribution in [3.05, 3.63) is 240 Å². The van der Waals surface area contributed by atoms with E-state index in [0.717, 1.165) is 106 Å². The SMILES string of the molecule is N=C(/C(=C1\NC(c2cccc(-c3nc(-c4ccccc4)cc(-c4ccc(-c5ccc6oc7ccccc7c6c5)cc4)n3)c2)=Cc2ccccc21)c1ccccc1)c1ccccc1. The van der Waals surface area contributed by atoms with Crippen molar-refractivity contribution in [2.75, 3.05) is 0 Å². The molecule has 0 atom stereocenters. The van der Waals surface area contributed by atoms with Gasteiger partial charge in [-0.3, -0.25) is 5.41 Å². The van der Waals surface area contributed by atoms with Crippen LogP contribution in [-0.4, -0.2) is 15.7 Å². The third kappa shape index (κ3) is 6.87. The minimum atomic E-state index is 0.448. The van der Waals surface area contributed by atoms with Gasteiger partial charge in [0.25, 0.3) is 0 Å². The van der Waals surface area contributed by atoms with E-state index in [9.17, 15) is 5.41 Å². The molecule has 0 amide bonds. The molecule has 1 aliphatic heterocycles. The second-order valence-corrected chi connectivity index (χ2v) is 15.4. The van der Waals surface area contributed by atoms with Crippen LogP contribution in [0.25, 0.3) is 90.0 Å². The number of aromatic nitrogens is 2. The average molecular weight is 795 g/mol. The van der Waals surface area contributed by atoms with Crippen LogP contribution in [-0.2, 0) is 0 Å². The van der Waals surface area contributed by atoms with Gasteiger partial charge in [-0.25, -0.2) is 9.97 Å². The summed E-state index contributed by atoms with van der Waals surface area (Å²) < 4.78 is 6.10. The van der Waals surface area contributed by atoms with E-state index in [1.165, 1.54) is 0 Å². The van der Waals surface area contributed by atoms with Crippen molar-refractivity contribution >= 4 is 50.7 Å². The van der Waals surface area contributed by atoms with Gasteiger partial charge in [0.2, 0.25) is 0 Å². The number of rotatable bonds is 8. The number of hydrogen-bond donors (Lipinski definition) is 2. The molecule has 0 saturated heterocycles. The molecule has 0 bridgehead atoms. The number of benzene rings is 8. The molecular weight excluding hydrogens is 757 g/mol. The molecule has 2 aromatic heterocycles. The molecule has 11 rings (SSSR count). The third-order valence-electron chi connectivity index (χ3n) is 11.5. The van der Waals surface area contributed by atoms with E-state index in [2.05, 4.69) is 139 Å². The third-order valence-corrected chi connectivity index (χ3v) is 11.5. The Labute approximate surface area is 359 Å². The quantitative estimate of drug-likeness (QED) is 0.150. The molecule has 10 aromatic rings. The molecule has 8 aromatic carbocycles. The minimum absolute atomic E-state index is 0.448. The van der Waals surface area contributed by atoms with Crippen LogP contribution in [0.5, 0.6) is 0 Å². The van der Waals surface area contributed by atoms with Gasteiger partial charge < -0.3 is 9.73 Å². The molecule has 1 aliphatic rings. The largest absolute Gasteiger partial charge is 0.456 e. The lowest BCUT2D eigenvalue weighted by molar-refractivity contribution is 0.669. The second-order valence-electron chi connectivity index (χ2n) is 15.4. The summed E-state index contributed by atoms with van der Waals surface area (Å²) in [6, 6.07) is 72.5. The van der Waals surface area contributed by atoms with E-state index in [0.29, 0.717) is 11.5 Å². The van der Waals surface area contributed by atoms with Crippen LogP contribution in [0, 0.1) is 5.41 Å². The van der Waals surface area contributed by atoms with Gasteiger partial charge >= 0.3 is 0 Å². The van der Waals surface area contributed by atoms with Gasteiger partial charge in [0.05, 0.1) is 22.8 Å². The van der Waals surface area contributed by atoms with Gasteiger partial charge in [-0.15, -0.1) is 0 Å². The van der Waals surface area contributed by atoms with E-state index in [-0.39, 0.29) is 0 Å². The van der Waals surface area contributed by atoms with Crippen molar-refractivity contribution in [2.45, 2.75) is 0 Å². The van der Waals surface area contributed by atoms with Crippen molar-refractivity contribution < 1.29 is 4.42 Å². The number of hydrogen-bond acceptors (Lipinski definition) is 5. The number of allylic oxidation sites excluding steroid dienone is 1. The highest BCUT2D eigenvalue weighted by Gasteiger charge is 2.24. The smallest absolute Gasteiger partial charge is 0.160 e. The van der Waals surface area contributed by atoms with Crippen molar-refractivity contribution in [3.8, 4) is 45.0 Å². The van der Waals surface area contributed by atoms with Crippen molar-refractivity contribution in [1.29, 1.82) is 5.41 Å². The van der Waals surface area contributed by atoms with Gasteiger partial charge in [-0.2, -0.15) is 0 Å². The Hall–Kier alpha value is -8.41. The Morgan fingerprint density at radius 2 is 1.02 bits per heavy atom. The molecule has 2 N–H and O–H groups in total. The number of fused-ring (bicyclic) bond motifs is 4. The first-order valence-electron chi connectivity index (χ1n) is 20.7. The first-order valence-corrected chi connectivity index (χ1v) is 20.7. The lowest BCUT2D eigenvalue weighted by Crippen LogP contribution is -2.20. The van der Waals surface area contributed by atoms with Crippen LogP contribution in [0.2, 0.25) is 0 Å². The van der Waals surface area contributed by atoms with E-state index in [4.69, 9.17) is 14.4 Å². The van der Waals surface area contributed by atoms with Gasteiger partial charge in [0.15, 0.2) is 5.82 Å². The van der Waals surface area contributed by atoms with E-state index >= 15 is 0 Å². The van der Waals surface area contributed by atoms with Crippen LogP contribution in [0.1, 0.15) is 27.8 Å². The molecule has 5 nitrogen and oxygen atoms in total. The molecule has 0 aliphatic carbocycles. The molecule has 0 spiro atoms. The number of para-hydroxylation sites is 1. The van der Waals surface area contributed by atoms with Gasteiger partial charge in [-0.05, 0) is 64.2 Å². The highest BCUT2D eigenvalue weighted by Crippen LogP contribution is 2.38. The van der Waals surface area contributed by atoms with Crippen molar-refractivity contribution in [1.82, 2.24) is 15.3 Å². The topological polar surface area (TPSA) is 74.8 Å². The summed E-state index contributed by atoms with van der Waals surface area (Å²) in [6.45, 7) is 0. The summed E-state index contributed by atoms with van der Waals surface area (Å²) >= 11 is 0. The molecule has 0 radical (unpaired) electrons. The lowest BCUT2D eigenvalue weighted by atomic mass is 9.88. The number of nitrogens with one attached hydrogen (secondary N) is 2. The fraction of sp³-hybridized carbons (Fsp3) is 0. The molecule has 0 saturated carbocycles. The summed E-state index contributed by atoms with van der Waals surface area (Å²) in [5.41, 5.74) is 16.6. The maximum Gasteiger partial charge on any atom is 0.160 e. The highest BCUT2D eigenvalue weighted by molar-refractivity contribution is 6.36. The molecule has 3 heterocycles. The zero-order chi connectivity index (χ0) is 41.4. The molecular formula is C57H38N4O. The maximum absolute atomic E-state index is 9.57. The van der Waals surface area contributed by atoms with Crippen LogP contribution in [0.3, 0.4) is 0 Å². The van der Waals surface area contributed by atoms with Crippen molar-refractivity contribution in [3.63, 3.8) is 0 Å². The Balaban J connectivity index is 0.989. The number of furan rings is 1. The Kier molecular flexibility index (Phi) is 9.25. The predicted octanol–water partition coefficient (Wildman–Crippen LogP) is 14.1. The van der Waals surface area contributed by atoms with Crippen molar-refractivity contribution in [2.24, 2.45) is 0 Å². The van der Waals surface area contributed by atoms with Gasteiger partial charge in [0.1, 0.15) is 11.2 Å². The Morgan fingerprint density at radius 3 is 1.79 bits per heavy atom. The average Bonchev–Trinajstić information content (AvgIpc) is 3.73. The summed E-state index contributed by atoms with van der Waals surface area (Å²) in [5, 5.41) is 15.6. The minimum Gasteiger partial charge on any atom is -0.456 e. The molecule has 0 unspecified atom stereocenters. The Morgan fingerprint density at radius 1 is 0.435 bits per heavy atom. The normalized spacial score (nSPS) is 13.0. The van der Waals surface area contributed by atoms with Crippen LogP contribution in [0.15, 0.2) is 217 Å². The zero-order valence-electron chi connectivity index (χ0n) is 33.6. The van der Waals surface area contributed by atoms with Crippen LogP contribution < -0.4 is 5.32 Å². The summed E-state index contributed by atoms with van der Waals surface area (Å²) in [6.07, 6.45) is 2.19. The zero-order valence-corrected chi connectivity index (χ0v) is 33.6. The fourth-order valence-electron chi connectivity index (χ4n) is 8.41. The van der Waals surface area contributed by atoms with E-state index in [1.807, 2.05) is 84.9 Å². The second kappa shape index (κ2) is 15.6. The monoisotopic (exact) mass is 794 g/mol. The summed E-state index contributed by atoms with van der Waals surface area (Å²) in [5.74, 6) is 0.632. The van der Waals surface area contributed by atoms with Gasteiger partial charge in [0, 0.05) is 49.9 Å². The van der Waals surface area contributed by atoms with Crippen LogP contribution >= 0.6 is 0 Å². The summed E-state index contributed by atoms with van der Waals surface area (Å²) in [4.78, 5) is 10.4. The molecule has 292 valence electrons. The standard InChI is InChI=1S/C57H38N4O/c58-55(41-19-8-3-9-20-41)54(40-17-6-2-7-18-40)56-46-24-11-10-21-43(46)35-49(59-56)44-22-14-23-45(33-44)57-60-50(38-15-4-1-5-16-38)36-51(61-57)39-29-27-37(28-30-39)42-31-32-53-48(34-42)47-25-12-13-26-52(47)62-53/h1-36,58-59H/b56-54-,58-55?. The molecule has 5 heteroatoms. The highest BCUT2D eigenvalue weighted by atomic mass is 16.3. The first-order chi connectivity index (χ1) is 30.6. The van der Waals surface area contributed by atoms with Gasteiger partial charge in [-0.1, -0.05) is 182 Å². The maximum atomic E-state index is 9.57. The number of nitrogens with zero attached hydrogens (tertiary/aromatic N) is 2. The predicted molar refractivity (Wildman–Crippen MR) is 255 cm³/mol. The first kappa shape index (κ1) is 36.7. The molecule has 0 fully saturated rings. The lowest BCUT2D eigenvalue weighted by Gasteiger charge is -2.26. The van der Waals surface area contributed by atoms with Crippen LogP contribution in [0.4, 0.5) is 0 Å².